The summed E-state index contributed by atoms with van der Waals surface area (Å²) < 4.78 is 27.5. The first kappa shape index (κ1) is 17.5. The highest BCUT2D eigenvalue weighted by atomic mass is 35.5. The molecule has 0 bridgehead atoms. The SMILES string of the molecule is Fc1ccc(N2CC(c3ccc(Cl)cc3Cl)C(c3cccs3)=N2)c(F)c1. The molecule has 2 aromatic carbocycles. The van der Waals surface area contributed by atoms with E-state index in [4.69, 9.17) is 23.2 Å². The monoisotopic (exact) mass is 408 g/mol. The van der Waals surface area contributed by atoms with Crippen molar-refractivity contribution < 1.29 is 8.78 Å². The Morgan fingerprint density at radius 1 is 1.08 bits per heavy atom. The summed E-state index contributed by atoms with van der Waals surface area (Å²) in [4.78, 5) is 0.978. The van der Waals surface area contributed by atoms with Gasteiger partial charge in [0.2, 0.25) is 0 Å². The minimum atomic E-state index is -0.651. The van der Waals surface area contributed by atoms with Gasteiger partial charge < -0.3 is 0 Å². The Bertz CT molecular complexity index is 989. The second-order valence-electron chi connectivity index (χ2n) is 5.86. The lowest BCUT2D eigenvalue weighted by Gasteiger charge is -2.18. The van der Waals surface area contributed by atoms with Gasteiger partial charge in [0.25, 0.3) is 0 Å². The van der Waals surface area contributed by atoms with Gasteiger partial charge in [-0.15, -0.1) is 11.3 Å². The van der Waals surface area contributed by atoms with Gasteiger partial charge in [-0.25, -0.2) is 8.78 Å². The Labute approximate surface area is 163 Å². The Hall–Kier alpha value is -1.95. The number of hydrazone groups is 1. The van der Waals surface area contributed by atoms with Crippen LogP contribution < -0.4 is 5.01 Å². The van der Waals surface area contributed by atoms with E-state index < -0.39 is 11.6 Å². The number of halogens is 4. The van der Waals surface area contributed by atoms with E-state index in [0.717, 1.165) is 22.2 Å². The van der Waals surface area contributed by atoms with Crippen molar-refractivity contribution in [2.45, 2.75) is 5.92 Å². The third-order valence-electron chi connectivity index (χ3n) is 4.21. The van der Waals surface area contributed by atoms with Crippen molar-refractivity contribution in [2.24, 2.45) is 5.10 Å². The summed E-state index contributed by atoms with van der Waals surface area (Å²) in [6.45, 7) is 0.400. The van der Waals surface area contributed by atoms with Gasteiger partial charge in [0, 0.05) is 16.1 Å². The molecule has 2 heterocycles. The van der Waals surface area contributed by atoms with E-state index in [1.54, 1.807) is 28.5 Å². The van der Waals surface area contributed by atoms with E-state index >= 15 is 0 Å². The largest absolute Gasteiger partial charge is 0.261 e. The smallest absolute Gasteiger partial charge is 0.151 e. The lowest BCUT2D eigenvalue weighted by Crippen LogP contribution is -2.19. The standard InChI is InChI=1S/C19H12Cl2F2N2S/c20-11-3-5-13(15(21)8-11)14-10-25(17-6-4-12(22)9-16(17)23)24-19(14)18-2-1-7-26-18/h1-9,14H,10H2. The third-order valence-corrected chi connectivity index (χ3v) is 5.67. The van der Waals surface area contributed by atoms with Crippen LogP contribution in [0.5, 0.6) is 0 Å². The molecule has 0 radical (unpaired) electrons. The topological polar surface area (TPSA) is 15.6 Å². The van der Waals surface area contributed by atoms with Crippen LogP contribution in [0.3, 0.4) is 0 Å². The van der Waals surface area contributed by atoms with E-state index in [9.17, 15) is 8.78 Å². The Morgan fingerprint density at radius 3 is 2.62 bits per heavy atom. The molecule has 3 aromatic rings. The summed E-state index contributed by atoms with van der Waals surface area (Å²) in [5.41, 5.74) is 1.90. The summed E-state index contributed by atoms with van der Waals surface area (Å²) in [7, 11) is 0. The van der Waals surface area contributed by atoms with Gasteiger partial charge in [-0.2, -0.15) is 5.10 Å². The predicted molar refractivity (Wildman–Crippen MR) is 104 cm³/mol. The molecule has 0 aliphatic carbocycles. The number of rotatable bonds is 3. The predicted octanol–water partition coefficient (Wildman–Crippen LogP) is 6.34. The second kappa shape index (κ2) is 6.99. The number of benzene rings is 2. The maximum absolute atomic E-state index is 14.2. The van der Waals surface area contributed by atoms with Crippen LogP contribution in [-0.2, 0) is 0 Å². The molecule has 0 fully saturated rings. The molecule has 0 saturated carbocycles. The Morgan fingerprint density at radius 2 is 1.92 bits per heavy atom. The molecule has 2 nitrogen and oxygen atoms in total. The quantitative estimate of drug-likeness (QED) is 0.493. The molecule has 0 amide bonds. The number of nitrogens with zero attached hydrogens (tertiary/aromatic N) is 2. The molecule has 1 atom stereocenters. The van der Waals surface area contributed by atoms with Crippen molar-refractivity contribution in [2.75, 3.05) is 11.6 Å². The molecule has 1 aliphatic rings. The van der Waals surface area contributed by atoms with Gasteiger partial charge in [-0.1, -0.05) is 35.3 Å². The third kappa shape index (κ3) is 3.22. The zero-order chi connectivity index (χ0) is 18.3. The van der Waals surface area contributed by atoms with Crippen molar-refractivity contribution in [3.05, 3.63) is 86.0 Å². The van der Waals surface area contributed by atoms with Crippen molar-refractivity contribution in [1.82, 2.24) is 0 Å². The lowest BCUT2D eigenvalue weighted by atomic mass is 9.93. The van der Waals surface area contributed by atoms with Crippen molar-refractivity contribution in [3.8, 4) is 0 Å². The first-order valence-corrected chi connectivity index (χ1v) is 9.46. The number of thiophene rings is 1. The summed E-state index contributed by atoms with van der Waals surface area (Å²) in [5, 5.41) is 9.22. The molecule has 4 rings (SSSR count). The lowest BCUT2D eigenvalue weighted by molar-refractivity contribution is 0.580. The number of hydrogen-bond donors (Lipinski definition) is 0. The van der Waals surface area contributed by atoms with Gasteiger partial charge >= 0.3 is 0 Å². The molecule has 0 N–H and O–H groups in total. The van der Waals surface area contributed by atoms with Gasteiger partial charge in [0.05, 0.1) is 28.7 Å². The zero-order valence-corrected chi connectivity index (χ0v) is 15.6. The van der Waals surface area contributed by atoms with Crippen molar-refractivity contribution in [3.63, 3.8) is 0 Å². The molecular formula is C19H12Cl2F2N2S. The molecule has 1 aliphatic heterocycles. The minimum absolute atomic E-state index is 0.150. The molecular weight excluding hydrogens is 397 g/mol. The molecule has 1 unspecified atom stereocenters. The molecule has 26 heavy (non-hydrogen) atoms. The van der Waals surface area contributed by atoms with Crippen LogP contribution in [0, 0.1) is 11.6 Å². The number of anilines is 1. The molecule has 7 heteroatoms. The van der Waals surface area contributed by atoms with Crippen LogP contribution in [0.15, 0.2) is 59.0 Å². The van der Waals surface area contributed by atoms with E-state index in [1.165, 1.54) is 12.1 Å². The van der Waals surface area contributed by atoms with Gasteiger partial charge in [0.1, 0.15) is 5.82 Å². The highest BCUT2D eigenvalue weighted by Crippen LogP contribution is 2.37. The molecule has 132 valence electrons. The van der Waals surface area contributed by atoms with Crippen molar-refractivity contribution in [1.29, 1.82) is 0 Å². The fraction of sp³-hybridized carbons (Fsp3) is 0.105. The van der Waals surface area contributed by atoms with Crippen LogP contribution in [0.1, 0.15) is 16.4 Å². The van der Waals surface area contributed by atoms with Gasteiger partial charge in [-0.05, 0) is 41.3 Å². The van der Waals surface area contributed by atoms with Crippen molar-refractivity contribution >= 4 is 45.9 Å². The second-order valence-corrected chi connectivity index (χ2v) is 7.65. The van der Waals surface area contributed by atoms with Crippen LogP contribution in [-0.4, -0.2) is 12.3 Å². The first-order chi connectivity index (χ1) is 12.5. The number of hydrogen-bond acceptors (Lipinski definition) is 3. The van der Waals surface area contributed by atoms with E-state index in [0.29, 0.717) is 16.6 Å². The van der Waals surface area contributed by atoms with Crippen LogP contribution >= 0.6 is 34.5 Å². The fourth-order valence-corrected chi connectivity index (χ4v) is 4.32. The van der Waals surface area contributed by atoms with Gasteiger partial charge in [0.15, 0.2) is 5.82 Å². The molecule has 0 spiro atoms. The van der Waals surface area contributed by atoms with Crippen LogP contribution in [0.2, 0.25) is 10.0 Å². The zero-order valence-electron chi connectivity index (χ0n) is 13.3. The van der Waals surface area contributed by atoms with Gasteiger partial charge in [-0.3, -0.25) is 5.01 Å². The average Bonchev–Trinajstić information content (AvgIpc) is 3.24. The van der Waals surface area contributed by atoms with E-state index in [-0.39, 0.29) is 11.6 Å². The normalized spacial score (nSPS) is 16.8. The maximum Gasteiger partial charge on any atom is 0.151 e. The Kier molecular flexibility index (Phi) is 4.69. The van der Waals surface area contributed by atoms with Crippen LogP contribution in [0.4, 0.5) is 14.5 Å². The highest BCUT2D eigenvalue weighted by Gasteiger charge is 2.32. The summed E-state index contributed by atoms with van der Waals surface area (Å²) >= 11 is 14.0. The first-order valence-electron chi connectivity index (χ1n) is 7.83. The molecule has 1 aromatic heterocycles. The van der Waals surface area contributed by atoms with E-state index in [1.807, 2.05) is 23.6 Å². The minimum Gasteiger partial charge on any atom is -0.261 e. The average molecular weight is 409 g/mol. The fourth-order valence-electron chi connectivity index (χ4n) is 3.02. The van der Waals surface area contributed by atoms with E-state index in [2.05, 4.69) is 5.10 Å². The maximum atomic E-state index is 14.2. The molecule has 0 saturated heterocycles. The highest BCUT2D eigenvalue weighted by molar-refractivity contribution is 7.12. The summed E-state index contributed by atoms with van der Waals surface area (Å²) in [6.07, 6.45) is 0. The summed E-state index contributed by atoms with van der Waals surface area (Å²) in [6, 6.07) is 12.7. The Balaban J connectivity index is 1.78. The summed E-state index contributed by atoms with van der Waals surface area (Å²) in [5.74, 6) is -1.42. The van der Waals surface area contributed by atoms with Crippen LogP contribution in [0.25, 0.3) is 0 Å².